The van der Waals surface area contributed by atoms with Crippen molar-refractivity contribution in [2.75, 3.05) is 25.4 Å². The van der Waals surface area contributed by atoms with E-state index in [9.17, 15) is 13.2 Å². The minimum absolute atomic E-state index is 0.00309. The maximum absolute atomic E-state index is 11.7. The third-order valence-corrected chi connectivity index (χ3v) is 3.49. The van der Waals surface area contributed by atoms with Crippen LogP contribution in [-0.4, -0.2) is 49.6 Å². The average molecular weight is 262 g/mol. The summed E-state index contributed by atoms with van der Waals surface area (Å²) in [5, 5.41) is 6.07. The summed E-state index contributed by atoms with van der Waals surface area (Å²) in [6.07, 6.45) is 1.42. The molecule has 0 aromatic carbocycles. The van der Waals surface area contributed by atoms with Crippen LogP contribution in [0, 0.1) is 0 Å². The third kappa shape index (κ3) is 4.04. The number of carbonyl (C=O) groups excluding carboxylic acids is 1. The Hall–Kier alpha value is -1.61. The molecule has 0 saturated carbocycles. The highest BCUT2D eigenvalue weighted by Gasteiger charge is 2.18. The lowest BCUT2D eigenvalue weighted by Crippen LogP contribution is -2.34. The van der Waals surface area contributed by atoms with E-state index in [4.69, 9.17) is 0 Å². The van der Waals surface area contributed by atoms with Crippen molar-refractivity contribution in [3.8, 4) is 0 Å². The monoisotopic (exact) mass is 262 g/mol. The number of hydrogen-bond donors (Lipinski definition) is 2. The van der Waals surface area contributed by atoms with Crippen molar-refractivity contribution < 1.29 is 17.9 Å². The lowest BCUT2D eigenvalue weighted by Gasteiger charge is -2.16. The average Bonchev–Trinajstić information content (AvgIpc) is 2.77. The highest BCUT2D eigenvalue weighted by molar-refractivity contribution is 7.90. The van der Waals surface area contributed by atoms with Crippen LogP contribution in [0.5, 0.6) is 0 Å². The molecule has 1 rings (SSSR count). The molecular formula is C8H14N4O4S. The van der Waals surface area contributed by atoms with Gasteiger partial charge < -0.3 is 4.74 Å². The van der Waals surface area contributed by atoms with Crippen LogP contribution in [0.2, 0.25) is 0 Å². The zero-order valence-electron chi connectivity index (χ0n) is 9.50. The topological polar surface area (TPSA) is 104 Å². The van der Waals surface area contributed by atoms with Crippen molar-refractivity contribution in [2.24, 2.45) is 0 Å². The van der Waals surface area contributed by atoms with Gasteiger partial charge in [-0.15, -0.1) is 0 Å². The maximum Gasteiger partial charge on any atom is 0.306 e. The van der Waals surface area contributed by atoms with Crippen molar-refractivity contribution in [3.63, 3.8) is 0 Å². The summed E-state index contributed by atoms with van der Waals surface area (Å²) in [7, 11) is -1.07. The molecule has 1 aromatic rings. The minimum Gasteiger partial charge on any atom is -0.469 e. The first-order chi connectivity index (χ1) is 7.95. The van der Waals surface area contributed by atoms with Gasteiger partial charge in [0.1, 0.15) is 5.82 Å². The van der Waals surface area contributed by atoms with E-state index in [-0.39, 0.29) is 18.8 Å². The molecule has 0 bridgehead atoms. The molecule has 0 spiro atoms. The normalized spacial score (nSPS) is 11.5. The first-order valence-electron chi connectivity index (χ1n) is 4.76. The number of rotatable bonds is 6. The molecule has 0 aliphatic rings. The number of H-pyrrole nitrogens is 1. The minimum atomic E-state index is -3.68. The molecule has 0 atom stereocenters. The van der Waals surface area contributed by atoms with E-state index in [1.54, 1.807) is 0 Å². The van der Waals surface area contributed by atoms with Gasteiger partial charge in [0.25, 0.3) is 0 Å². The zero-order chi connectivity index (χ0) is 12.9. The van der Waals surface area contributed by atoms with Crippen molar-refractivity contribution >= 4 is 22.0 Å². The van der Waals surface area contributed by atoms with Gasteiger partial charge in [0.05, 0.1) is 19.7 Å². The first kappa shape index (κ1) is 13.5. The van der Waals surface area contributed by atoms with Crippen LogP contribution in [0.1, 0.15) is 6.42 Å². The Morgan fingerprint density at radius 2 is 2.35 bits per heavy atom. The summed E-state index contributed by atoms with van der Waals surface area (Å²) in [6.45, 7) is 0.0378. The van der Waals surface area contributed by atoms with Gasteiger partial charge in [0.15, 0.2) is 0 Å². The zero-order valence-corrected chi connectivity index (χ0v) is 10.3. The lowest BCUT2D eigenvalue weighted by atomic mass is 10.4. The van der Waals surface area contributed by atoms with Crippen LogP contribution >= 0.6 is 0 Å². The van der Waals surface area contributed by atoms with Crippen molar-refractivity contribution in [3.05, 3.63) is 12.3 Å². The smallest absolute Gasteiger partial charge is 0.306 e. The summed E-state index contributed by atoms with van der Waals surface area (Å²) in [6, 6.07) is 1.48. The summed E-state index contributed by atoms with van der Waals surface area (Å²) < 4.78 is 31.1. The van der Waals surface area contributed by atoms with E-state index in [1.807, 2.05) is 0 Å². The van der Waals surface area contributed by atoms with E-state index in [0.717, 1.165) is 4.31 Å². The largest absolute Gasteiger partial charge is 0.469 e. The van der Waals surface area contributed by atoms with Crippen LogP contribution < -0.4 is 4.72 Å². The lowest BCUT2D eigenvalue weighted by molar-refractivity contribution is -0.140. The summed E-state index contributed by atoms with van der Waals surface area (Å²) in [5.41, 5.74) is 0. The first-order valence-corrected chi connectivity index (χ1v) is 6.20. The van der Waals surface area contributed by atoms with Crippen molar-refractivity contribution in [1.29, 1.82) is 0 Å². The van der Waals surface area contributed by atoms with Crippen LogP contribution in [0.3, 0.4) is 0 Å². The number of nitrogens with zero attached hydrogens (tertiary/aromatic N) is 2. The Morgan fingerprint density at radius 3 is 2.88 bits per heavy atom. The van der Waals surface area contributed by atoms with Gasteiger partial charge in [-0.05, 0) is 0 Å². The molecule has 17 heavy (non-hydrogen) atoms. The highest BCUT2D eigenvalue weighted by atomic mass is 32.2. The van der Waals surface area contributed by atoms with E-state index in [0.29, 0.717) is 0 Å². The molecule has 0 radical (unpaired) electrons. The Labute approximate surface area is 99.1 Å². The number of carbonyl (C=O) groups is 1. The fourth-order valence-electron chi connectivity index (χ4n) is 1.00. The SMILES string of the molecule is COC(=O)CCN(C)S(=O)(=O)Nc1ccn[nH]1. The molecule has 0 aliphatic heterocycles. The second kappa shape index (κ2) is 5.64. The standard InChI is InChI=1S/C8H14N4O4S/c1-12(6-4-8(13)16-2)17(14,15)11-7-3-5-9-10-7/h3,5H,4,6H2,1-2H3,(H2,9,10,11). The van der Waals surface area contributed by atoms with Gasteiger partial charge >= 0.3 is 16.2 Å². The fourth-order valence-corrected chi connectivity index (χ4v) is 1.88. The van der Waals surface area contributed by atoms with Gasteiger partial charge in [-0.25, -0.2) is 0 Å². The summed E-state index contributed by atoms with van der Waals surface area (Å²) >= 11 is 0. The molecule has 1 aromatic heterocycles. The summed E-state index contributed by atoms with van der Waals surface area (Å²) in [5.74, 6) is -0.205. The molecule has 0 unspecified atom stereocenters. The predicted molar refractivity (Wildman–Crippen MR) is 60.4 cm³/mol. The maximum atomic E-state index is 11.7. The Morgan fingerprint density at radius 1 is 1.65 bits per heavy atom. The fraction of sp³-hybridized carbons (Fsp3) is 0.500. The third-order valence-electron chi connectivity index (χ3n) is 2.01. The predicted octanol–water partition coefficient (Wildman–Crippen LogP) is -0.439. The van der Waals surface area contributed by atoms with E-state index >= 15 is 0 Å². The molecule has 0 fully saturated rings. The van der Waals surface area contributed by atoms with E-state index in [1.165, 1.54) is 26.4 Å². The van der Waals surface area contributed by atoms with Crippen LogP contribution in [0.15, 0.2) is 12.3 Å². The highest BCUT2D eigenvalue weighted by Crippen LogP contribution is 2.06. The van der Waals surface area contributed by atoms with Gasteiger partial charge in [0, 0.05) is 19.7 Å². The Bertz CT molecular complexity index is 456. The number of aromatic amines is 1. The number of hydrogen-bond acceptors (Lipinski definition) is 5. The van der Waals surface area contributed by atoms with Gasteiger partial charge in [-0.2, -0.15) is 17.8 Å². The van der Waals surface area contributed by atoms with Crippen LogP contribution in [0.25, 0.3) is 0 Å². The Balaban J connectivity index is 2.55. The second-order valence-corrected chi connectivity index (χ2v) is 5.00. The number of esters is 1. The number of nitrogens with one attached hydrogen (secondary N) is 2. The van der Waals surface area contributed by atoms with Gasteiger partial charge in [-0.3, -0.25) is 14.6 Å². The van der Waals surface area contributed by atoms with E-state index in [2.05, 4.69) is 19.7 Å². The van der Waals surface area contributed by atoms with Crippen LogP contribution in [-0.2, 0) is 19.7 Å². The molecule has 96 valence electrons. The number of methoxy groups -OCH3 is 1. The molecule has 1 heterocycles. The number of ether oxygens (including phenoxy) is 1. The number of anilines is 1. The van der Waals surface area contributed by atoms with Crippen molar-refractivity contribution in [2.45, 2.75) is 6.42 Å². The molecule has 0 saturated heterocycles. The Kier molecular flexibility index (Phi) is 4.46. The van der Waals surface area contributed by atoms with Crippen molar-refractivity contribution in [1.82, 2.24) is 14.5 Å². The van der Waals surface area contributed by atoms with Gasteiger partial charge in [-0.1, -0.05) is 0 Å². The molecule has 0 amide bonds. The van der Waals surface area contributed by atoms with E-state index < -0.39 is 16.2 Å². The van der Waals surface area contributed by atoms with Gasteiger partial charge in [0.2, 0.25) is 0 Å². The molecule has 9 heteroatoms. The quantitative estimate of drug-likeness (QED) is 0.676. The van der Waals surface area contributed by atoms with Crippen LogP contribution in [0.4, 0.5) is 5.82 Å². The second-order valence-electron chi connectivity index (χ2n) is 3.23. The summed E-state index contributed by atoms with van der Waals surface area (Å²) in [4.78, 5) is 10.9. The number of aromatic nitrogens is 2. The molecule has 8 nitrogen and oxygen atoms in total. The molecule has 0 aliphatic carbocycles. The molecule has 2 N–H and O–H groups in total. The molecular weight excluding hydrogens is 248 g/mol.